The van der Waals surface area contributed by atoms with E-state index in [9.17, 15) is 34.2 Å². The van der Waals surface area contributed by atoms with Crippen LogP contribution in [0.25, 0.3) is 0 Å². The lowest BCUT2D eigenvalue weighted by Crippen LogP contribution is -2.48. The number of unbranched alkanes of at least 4 members (excludes halogenated alkanes) is 7. The molecule has 0 spiro atoms. The van der Waals surface area contributed by atoms with E-state index in [0.717, 1.165) is 12.8 Å². The van der Waals surface area contributed by atoms with Crippen LogP contribution in [0.1, 0.15) is 84.0 Å². The van der Waals surface area contributed by atoms with E-state index in [1.165, 1.54) is 0 Å². The number of carbonyl (C=O) groups is 5. The lowest BCUT2D eigenvalue weighted by molar-refractivity contribution is -0.185. The van der Waals surface area contributed by atoms with Crippen molar-refractivity contribution in [2.75, 3.05) is 0 Å². The molecule has 0 aliphatic heterocycles. The predicted molar refractivity (Wildman–Crippen MR) is 116 cm³/mol. The van der Waals surface area contributed by atoms with Crippen LogP contribution in [-0.2, 0) is 33.4 Å². The monoisotopic (exact) mass is 492 g/mol. The Morgan fingerprint density at radius 1 is 0.618 bits per heavy atom. The fourth-order valence-electron chi connectivity index (χ4n) is 3.34. The zero-order valence-electron chi connectivity index (χ0n) is 19.4. The highest BCUT2D eigenvalue weighted by molar-refractivity contribution is 6.29. The summed E-state index contributed by atoms with van der Waals surface area (Å²) in [6.45, 7) is 1.97. The molecule has 0 fully saturated rings. The maximum Gasteiger partial charge on any atom is 0.417 e. The van der Waals surface area contributed by atoms with Crippen LogP contribution in [-0.4, -0.2) is 79.8 Å². The van der Waals surface area contributed by atoms with Crippen molar-refractivity contribution < 1.29 is 59.0 Å². The lowest BCUT2D eigenvalue weighted by atomic mass is 9.95. The number of aliphatic carboxylic acids is 3. The van der Waals surface area contributed by atoms with Crippen molar-refractivity contribution in [1.82, 2.24) is 0 Å². The molecule has 12 heteroatoms. The summed E-state index contributed by atoms with van der Waals surface area (Å²) in [5.74, 6) is -7.93. The van der Waals surface area contributed by atoms with Gasteiger partial charge in [0.05, 0.1) is 0 Å². The van der Waals surface area contributed by atoms with Crippen molar-refractivity contribution in [2.45, 2.75) is 108 Å². The molecule has 12 nitrogen and oxygen atoms in total. The van der Waals surface area contributed by atoms with Gasteiger partial charge in [-0.05, 0) is 32.1 Å². The molecule has 5 N–H and O–H groups in total. The Kier molecular flexibility index (Phi) is 16.3. The Morgan fingerprint density at radius 2 is 1.00 bits per heavy atom. The quantitative estimate of drug-likeness (QED) is 0.105. The Labute approximate surface area is 197 Å². The van der Waals surface area contributed by atoms with Crippen LogP contribution in [0.3, 0.4) is 0 Å². The van der Waals surface area contributed by atoms with Crippen molar-refractivity contribution in [2.24, 2.45) is 0 Å². The second-order valence-electron chi connectivity index (χ2n) is 8.03. The average Bonchev–Trinajstić information content (AvgIpc) is 2.77. The molecule has 0 rings (SSSR count). The molecule has 0 radical (unpaired) electrons. The maximum atomic E-state index is 11.6. The van der Waals surface area contributed by atoms with Gasteiger partial charge in [-0.2, -0.15) is 0 Å². The van der Waals surface area contributed by atoms with Crippen LogP contribution in [0.2, 0.25) is 0 Å². The SMILES string of the molecule is CCCCCCC(OC(=O)C(=O)O)C(O)C(O)C(CCCCCCCC(=O)O)OC(=O)C(=O)O. The molecule has 0 aromatic rings. The summed E-state index contributed by atoms with van der Waals surface area (Å²) in [6.07, 6.45) is -0.820. The van der Waals surface area contributed by atoms with Gasteiger partial charge in [0, 0.05) is 6.42 Å². The fourth-order valence-corrected chi connectivity index (χ4v) is 3.34. The Balaban J connectivity index is 5.17. The minimum atomic E-state index is -1.89. The molecule has 0 aromatic heterocycles. The molecule has 0 aliphatic carbocycles. The summed E-state index contributed by atoms with van der Waals surface area (Å²) in [6, 6.07) is 0. The predicted octanol–water partition coefficient (Wildman–Crippen LogP) is 1.49. The highest BCUT2D eigenvalue weighted by Gasteiger charge is 2.37. The van der Waals surface area contributed by atoms with Crippen LogP contribution >= 0.6 is 0 Å². The lowest BCUT2D eigenvalue weighted by Gasteiger charge is -2.31. The Bertz CT molecular complexity index is 662. The van der Waals surface area contributed by atoms with Crippen LogP contribution in [0.5, 0.6) is 0 Å². The average molecular weight is 493 g/mol. The van der Waals surface area contributed by atoms with Gasteiger partial charge in [-0.3, -0.25) is 4.79 Å². The third-order valence-electron chi connectivity index (χ3n) is 5.20. The van der Waals surface area contributed by atoms with Crippen LogP contribution in [0, 0.1) is 0 Å². The van der Waals surface area contributed by atoms with Gasteiger partial charge in [0.25, 0.3) is 0 Å². The minimum absolute atomic E-state index is 0.0222. The number of ether oxygens (including phenoxy) is 2. The molecule has 0 saturated heterocycles. The van der Waals surface area contributed by atoms with Crippen molar-refractivity contribution in [3.8, 4) is 0 Å². The third-order valence-corrected chi connectivity index (χ3v) is 5.20. The second kappa shape index (κ2) is 17.7. The van der Waals surface area contributed by atoms with Gasteiger partial charge < -0.3 is 35.0 Å². The zero-order valence-corrected chi connectivity index (χ0v) is 19.4. The largest absolute Gasteiger partial charge is 0.481 e. The molecule has 4 atom stereocenters. The topological polar surface area (TPSA) is 205 Å². The maximum absolute atomic E-state index is 11.6. The highest BCUT2D eigenvalue weighted by Crippen LogP contribution is 2.21. The number of rotatable bonds is 18. The minimum Gasteiger partial charge on any atom is -0.481 e. The van der Waals surface area contributed by atoms with Crippen LogP contribution in [0.15, 0.2) is 0 Å². The van der Waals surface area contributed by atoms with Crippen molar-refractivity contribution in [1.29, 1.82) is 0 Å². The number of aliphatic hydroxyl groups excluding tert-OH is 2. The molecule has 0 amide bonds. The smallest absolute Gasteiger partial charge is 0.417 e. The van der Waals surface area contributed by atoms with Crippen molar-refractivity contribution >= 4 is 29.8 Å². The first-order valence-electron chi connectivity index (χ1n) is 11.5. The van der Waals surface area contributed by atoms with Crippen LogP contribution in [0.4, 0.5) is 0 Å². The van der Waals surface area contributed by atoms with E-state index in [1.807, 2.05) is 6.92 Å². The summed E-state index contributed by atoms with van der Waals surface area (Å²) in [7, 11) is 0. The van der Waals surface area contributed by atoms with Gasteiger partial charge >= 0.3 is 29.8 Å². The summed E-state index contributed by atoms with van der Waals surface area (Å²) in [5.41, 5.74) is 0. The van der Waals surface area contributed by atoms with E-state index in [4.69, 9.17) is 24.8 Å². The first-order valence-corrected chi connectivity index (χ1v) is 11.5. The molecule has 0 aromatic carbocycles. The molecule has 0 saturated carbocycles. The number of carbonyl (C=O) groups excluding carboxylic acids is 2. The number of esters is 2. The first kappa shape index (κ1) is 31.3. The normalized spacial score (nSPS) is 14.4. The first-order chi connectivity index (χ1) is 16.0. The Morgan fingerprint density at radius 3 is 1.38 bits per heavy atom. The van der Waals surface area contributed by atoms with Gasteiger partial charge in [0.15, 0.2) is 0 Å². The summed E-state index contributed by atoms with van der Waals surface area (Å²) >= 11 is 0. The molecule has 0 bridgehead atoms. The highest BCUT2D eigenvalue weighted by atomic mass is 16.6. The third kappa shape index (κ3) is 13.7. The van der Waals surface area contributed by atoms with Crippen molar-refractivity contribution in [3.05, 3.63) is 0 Å². The Hall–Kier alpha value is -2.73. The number of aliphatic hydroxyl groups is 2. The second-order valence-corrected chi connectivity index (χ2v) is 8.03. The molecule has 4 unspecified atom stereocenters. The number of hydrogen-bond acceptors (Lipinski definition) is 9. The van der Waals surface area contributed by atoms with E-state index in [0.29, 0.717) is 44.9 Å². The zero-order chi connectivity index (χ0) is 26.1. The van der Waals surface area contributed by atoms with E-state index in [1.54, 1.807) is 0 Å². The van der Waals surface area contributed by atoms with Gasteiger partial charge in [-0.15, -0.1) is 0 Å². The van der Waals surface area contributed by atoms with E-state index in [2.05, 4.69) is 0 Å². The van der Waals surface area contributed by atoms with Crippen molar-refractivity contribution in [3.63, 3.8) is 0 Å². The number of carboxylic acid groups (broad SMARTS) is 3. The summed E-state index contributed by atoms with van der Waals surface area (Å²) in [4.78, 5) is 55.4. The van der Waals surface area contributed by atoms with Gasteiger partial charge in [-0.25, -0.2) is 19.2 Å². The molecular weight excluding hydrogens is 456 g/mol. The van der Waals surface area contributed by atoms with E-state index >= 15 is 0 Å². The molecule has 34 heavy (non-hydrogen) atoms. The van der Waals surface area contributed by atoms with Gasteiger partial charge in [-0.1, -0.05) is 45.4 Å². The van der Waals surface area contributed by atoms with Crippen LogP contribution < -0.4 is 0 Å². The van der Waals surface area contributed by atoms with E-state index < -0.39 is 54.3 Å². The molecule has 196 valence electrons. The number of hydrogen-bond donors (Lipinski definition) is 5. The molecule has 0 aliphatic rings. The summed E-state index contributed by atoms with van der Waals surface area (Å²) in [5, 5.41) is 47.5. The van der Waals surface area contributed by atoms with Gasteiger partial charge in [0.1, 0.15) is 24.4 Å². The van der Waals surface area contributed by atoms with E-state index in [-0.39, 0.29) is 19.3 Å². The van der Waals surface area contributed by atoms with Gasteiger partial charge in [0.2, 0.25) is 0 Å². The molecule has 0 heterocycles. The standard InChI is InChI=1S/C22H36O12/c1-2-3-4-8-11-14(33-21(31)19(27)28)17(25)18(26)15(34-22(32)20(29)30)12-9-6-5-7-10-13-16(23)24/h14-15,17-18,25-26H,2-13H2,1H3,(H,23,24)(H,27,28)(H,29,30). The summed E-state index contributed by atoms with van der Waals surface area (Å²) < 4.78 is 9.63. The molecular formula is C22H36O12. The number of carboxylic acids is 3. The fraction of sp³-hybridized carbons (Fsp3) is 0.773.